The lowest BCUT2D eigenvalue weighted by molar-refractivity contribution is -0.337. The van der Waals surface area contributed by atoms with E-state index in [9.17, 15) is 10.2 Å². The van der Waals surface area contributed by atoms with E-state index in [2.05, 4.69) is 65.8 Å². The molecule has 1 spiro atoms. The Morgan fingerprint density at radius 3 is 2.50 bits per heavy atom. The van der Waals surface area contributed by atoms with E-state index in [1.807, 2.05) is 0 Å². The van der Waals surface area contributed by atoms with Crippen LogP contribution in [0.25, 0.3) is 0 Å². The summed E-state index contributed by atoms with van der Waals surface area (Å²) < 4.78 is 0. The molecule has 2 bridgehead atoms. The lowest BCUT2D eigenvalue weighted by atomic mass is 9.47. The van der Waals surface area contributed by atoms with Gasteiger partial charge in [0.25, 0.3) is 0 Å². The molecule has 0 amide bonds. The van der Waals surface area contributed by atoms with Crippen molar-refractivity contribution in [2.24, 2.45) is 34.5 Å². The Labute approximate surface area is 193 Å². The SMILES string of the molecule is CC(C)[C@@H](C)/C=C/[C@@H](C)[C@H]1C[C@@H](O)C2=C3C=C[C@@]45C[C@@H](O)CC[C@]4(C)[C@]3(CC[C@@]21C)OO5. The molecule has 4 heteroatoms. The van der Waals surface area contributed by atoms with Gasteiger partial charge in [0.15, 0.2) is 0 Å². The highest BCUT2D eigenvalue weighted by Gasteiger charge is 2.74. The van der Waals surface area contributed by atoms with Crippen LogP contribution in [0.3, 0.4) is 0 Å². The first-order valence-electron chi connectivity index (χ1n) is 12.9. The van der Waals surface area contributed by atoms with Crippen LogP contribution in [0.2, 0.25) is 0 Å². The maximum Gasteiger partial charge on any atom is 0.137 e. The smallest absolute Gasteiger partial charge is 0.137 e. The molecule has 5 rings (SSSR count). The molecule has 178 valence electrons. The summed E-state index contributed by atoms with van der Waals surface area (Å²) in [6.07, 6.45) is 13.3. The van der Waals surface area contributed by atoms with Crippen molar-refractivity contribution in [3.63, 3.8) is 0 Å². The summed E-state index contributed by atoms with van der Waals surface area (Å²) in [6, 6.07) is 0. The Bertz CT molecular complexity index is 873. The topological polar surface area (TPSA) is 58.9 Å². The molecule has 3 fully saturated rings. The van der Waals surface area contributed by atoms with Crippen molar-refractivity contribution in [1.82, 2.24) is 0 Å². The molecule has 0 radical (unpaired) electrons. The summed E-state index contributed by atoms with van der Waals surface area (Å²) in [5.74, 6) is 2.02. The highest BCUT2D eigenvalue weighted by atomic mass is 17.2. The minimum Gasteiger partial charge on any atom is -0.393 e. The molecule has 2 N–H and O–H groups in total. The molecule has 9 atom stereocenters. The van der Waals surface area contributed by atoms with Crippen LogP contribution < -0.4 is 0 Å². The molecule has 0 aromatic carbocycles. The quantitative estimate of drug-likeness (QED) is 0.445. The molecular formula is C28H42O4. The second-order valence-corrected chi connectivity index (χ2v) is 12.4. The first-order valence-corrected chi connectivity index (χ1v) is 12.9. The third-order valence-electron chi connectivity index (χ3n) is 10.6. The van der Waals surface area contributed by atoms with Crippen molar-refractivity contribution in [2.45, 2.75) is 103 Å². The van der Waals surface area contributed by atoms with Gasteiger partial charge in [-0.1, -0.05) is 59.8 Å². The van der Waals surface area contributed by atoms with Crippen LogP contribution in [0.1, 0.15) is 80.1 Å². The van der Waals surface area contributed by atoms with Gasteiger partial charge in [0, 0.05) is 11.8 Å². The molecule has 0 aromatic heterocycles. The van der Waals surface area contributed by atoms with E-state index in [1.54, 1.807) is 0 Å². The van der Waals surface area contributed by atoms with E-state index in [4.69, 9.17) is 9.78 Å². The Morgan fingerprint density at radius 1 is 1.03 bits per heavy atom. The van der Waals surface area contributed by atoms with Gasteiger partial charge in [-0.3, -0.25) is 0 Å². The summed E-state index contributed by atoms with van der Waals surface area (Å²) in [4.78, 5) is 12.4. The van der Waals surface area contributed by atoms with Crippen LogP contribution in [0.4, 0.5) is 0 Å². The first-order chi connectivity index (χ1) is 15.0. The molecule has 0 aromatic rings. The van der Waals surface area contributed by atoms with Crippen LogP contribution in [-0.2, 0) is 9.78 Å². The summed E-state index contributed by atoms with van der Waals surface area (Å²) in [6.45, 7) is 13.8. The molecule has 4 aliphatic carbocycles. The largest absolute Gasteiger partial charge is 0.393 e. The van der Waals surface area contributed by atoms with Gasteiger partial charge in [0.05, 0.1) is 12.2 Å². The number of aliphatic hydroxyl groups excluding tert-OH is 2. The fourth-order valence-corrected chi connectivity index (χ4v) is 7.93. The van der Waals surface area contributed by atoms with Crippen molar-refractivity contribution in [1.29, 1.82) is 0 Å². The molecule has 1 aliphatic heterocycles. The zero-order chi connectivity index (χ0) is 23.1. The van der Waals surface area contributed by atoms with E-state index in [-0.39, 0.29) is 16.9 Å². The van der Waals surface area contributed by atoms with Crippen LogP contribution in [-0.4, -0.2) is 33.6 Å². The van der Waals surface area contributed by atoms with Crippen molar-refractivity contribution < 1.29 is 20.0 Å². The summed E-state index contributed by atoms with van der Waals surface area (Å²) in [5, 5.41) is 21.8. The monoisotopic (exact) mass is 442 g/mol. The third kappa shape index (κ3) is 2.76. The van der Waals surface area contributed by atoms with Crippen LogP contribution in [0.15, 0.2) is 35.5 Å². The predicted molar refractivity (Wildman–Crippen MR) is 126 cm³/mol. The van der Waals surface area contributed by atoms with Gasteiger partial charge >= 0.3 is 0 Å². The number of rotatable bonds is 4. The Kier molecular flexibility index (Phi) is 5.19. The van der Waals surface area contributed by atoms with Gasteiger partial charge in [-0.2, -0.15) is 0 Å². The average Bonchev–Trinajstić information content (AvgIpc) is 3.07. The van der Waals surface area contributed by atoms with Gasteiger partial charge in [0.1, 0.15) is 11.2 Å². The maximum atomic E-state index is 11.4. The highest BCUT2D eigenvalue weighted by molar-refractivity contribution is 5.52. The number of fused-ring (bicyclic) bond motifs is 1. The van der Waals surface area contributed by atoms with E-state index >= 15 is 0 Å². The predicted octanol–water partition coefficient (Wildman–Crippen LogP) is 5.51. The number of allylic oxidation sites excluding steroid dienone is 2. The Morgan fingerprint density at radius 2 is 1.78 bits per heavy atom. The van der Waals surface area contributed by atoms with Crippen LogP contribution >= 0.6 is 0 Å². The molecule has 5 aliphatic rings. The van der Waals surface area contributed by atoms with E-state index in [0.29, 0.717) is 30.1 Å². The van der Waals surface area contributed by atoms with Gasteiger partial charge < -0.3 is 10.2 Å². The zero-order valence-corrected chi connectivity index (χ0v) is 20.7. The number of hydrogen-bond acceptors (Lipinski definition) is 4. The lowest BCUT2D eigenvalue weighted by Gasteiger charge is -2.56. The second kappa shape index (κ2) is 7.28. The minimum atomic E-state index is -0.561. The second-order valence-electron chi connectivity index (χ2n) is 12.4. The van der Waals surface area contributed by atoms with Crippen molar-refractivity contribution in [3.8, 4) is 0 Å². The molecule has 0 unspecified atom stereocenters. The maximum absolute atomic E-state index is 11.4. The van der Waals surface area contributed by atoms with Crippen molar-refractivity contribution >= 4 is 0 Å². The average molecular weight is 443 g/mol. The van der Waals surface area contributed by atoms with Gasteiger partial charge in [-0.05, 0) is 78.4 Å². The highest BCUT2D eigenvalue weighted by Crippen LogP contribution is 2.71. The zero-order valence-electron chi connectivity index (χ0n) is 20.7. The Balaban J connectivity index is 1.55. The molecule has 4 nitrogen and oxygen atoms in total. The van der Waals surface area contributed by atoms with Crippen molar-refractivity contribution in [3.05, 3.63) is 35.5 Å². The molecule has 2 saturated carbocycles. The fourth-order valence-electron chi connectivity index (χ4n) is 7.93. The Hall–Kier alpha value is -0.940. The van der Waals surface area contributed by atoms with E-state index in [1.165, 1.54) is 11.1 Å². The third-order valence-corrected chi connectivity index (χ3v) is 10.6. The lowest BCUT2D eigenvalue weighted by Crippen LogP contribution is -2.61. The minimum absolute atomic E-state index is 0.0361. The fraction of sp³-hybridized carbons (Fsp3) is 0.786. The van der Waals surface area contributed by atoms with Gasteiger partial charge in [-0.25, -0.2) is 9.78 Å². The normalized spacial score (nSPS) is 49.3. The van der Waals surface area contributed by atoms with Gasteiger partial charge in [-0.15, -0.1) is 0 Å². The molecule has 1 heterocycles. The van der Waals surface area contributed by atoms with Crippen molar-refractivity contribution in [2.75, 3.05) is 0 Å². The summed E-state index contributed by atoms with van der Waals surface area (Å²) in [7, 11) is 0. The molecule has 32 heavy (non-hydrogen) atoms. The standard InChI is InChI=1S/C28H42O4/c1-17(2)18(3)7-8-19(4)22-15-23(30)24-21-10-12-27-16-20(29)9-11-26(27,6)28(21,32-31-27)14-13-25(22,24)5/h7-8,10,12,17-20,22-23,29-30H,9,11,13-16H2,1-6H3/b8-7+/t18-,19+,20-,22+,23+,25+,26-,27+,28+/m0/s1. The first kappa shape index (κ1) is 22.8. The van der Waals surface area contributed by atoms with Gasteiger partial charge in [0.2, 0.25) is 0 Å². The number of aliphatic hydroxyl groups is 2. The van der Waals surface area contributed by atoms with E-state index < -0.39 is 17.3 Å². The van der Waals surface area contributed by atoms with E-state index in [0.717, 1.165) is 32.1 Å². The molecular weight excluding hydrogens is 400 g/mol. The van der Waals surface area contributed by atoms with Crippen LogP contribution in [0.5, 0.6) is 0 Å². The molecule has 1 saturated heterocycles. The summed E-state index contributed by atoms with van der Waals surface area (Å²) in [5.41, 5.74) is 1.03. The van der Waals surface area contributed by atoms with Crippen LogP contribution in [0, 0.1) is 34.5 Å². The summed E-state index contributed by atoms with van der Waals surface area (Å²) >= 11 is 0. The number of hydrogen-bond donors (Lipinski definition) is 2.